The Morgan fingerprint density at radius 2 is 1.75 bits per heavy atom. The Kier molecular flexibility index (Phi) is 6.68. The van der Waals surface area contributed by atoms with Gasteiger partial charge in [0.05, 0.1) is 0 Å². The van der Waals surface area contributed by atoms with Crippen molar-refractivity contribution >= 4 is 46.0 Å². The fourth-order valence-electron chi connectivity index (χ4n) is 1.88. The van der Waals surface area contributed by atoms with Gasteiger partial charge in [0.15, 0.2) is 0 Å². The van der Waals surface area contributed by atoms with Crippen molar-refractivity contribution in [2.45, 2.75) is 17.4 Å². The maximum atomic E-state index is 5.90. The molecular weight excluding hydrogens is 401 g/mol. The highest BCUT2D eigenvalue weighted by Crippen LogP contribution is 2.22. The average Bonchev–Trinajstić information content (AvgIpc) is 2.47. The summed E-state index contributed by atoms with van der Waals surface area (Å²) in [5.74, 6) is 1.05. The molecule has 0 aliphatic heterocycles. The lowest BCUT2D eigenvalue weighted by molar-refractivity contribution is 0.617. The number of hydrogen-bond acceptors (Lipinski definition) is 2. The smallest absolute Gasteiger partial charge is 0.0406 e. The molecule has 1 unspecified atom stereocenters. The second-order valence-electron chi connectivity index (χ2n) is 4.58. The van der Waals surface area contributed by atoms with Gasteiger partial charge in [0.1, 0.15) is 0 Å². The Labute approximate surface area is 143 Å². The first-order chi connectivity index (χ1) is 9.67. The van der Waals surface area contributed by atoms with Crippen molar-refractivity contribution in [3.63, 3.8) is 0 Å². The number of rotatable bonds is 6. The minimum Gasteiger partial charge on any atom is -0.316 e. The molecule has 0 spiro atoms. The SMILES string of the molecule is CNC(CSc1ccc(Cl)cc1)Cc1ccc(I)cc1. The minimum atomic E-state index is 0.468. The summed E-state index contributed by atoms with van der Waals surface area (Å²) in [4.78, 5) is 1.26. The lowest BCUT2D eigenvalue weighted by Crippen LogP contribution is -2.30. The van der Waals surface area contributed by atoms with E-state index in [1.54, 1.807) is 0 Å². The molecule has 0 aliphatic rings. The zero-order chi connectivity index (χ0) is 14.4. The molecule has 2 aromatic carbocycles. The summed E-state index contributed by atoms with van der Waals surface area (Å²) in [7, 11) is 2.03. The standard InChI is InChI=1S/C16H17ClINS/c1-19-15(10-12-2-6-14(18)7-3-12)11-20-16-8-4-13(17)5-9-16/h2-9,15,19H,10-11H2,1H3. The fourth-order valence-corrected chi connectivity index (χ4v) is 3.37. The average molecular weight is 418 g/mol. The van der Waals surface area contributed by atoms with Crippen LogP contribution in [0.25, 0.3) is 0 Å². The van der Waals surface area contributed by atoms with Crippen LogP contribution < -0.4 is 5.32 Å². The van der Waals surface area contributed by atoms with Gasteiger partial charge in [0, 0.05) is 25.3 Å². The Bertz CT molecular complexity index is 527. The van der Waals surface area contributed by atoms with Crippen LogP contribution >= 0.6 is 46.0 Å². The van der Waals surface area contributed by atoms with E-state index in [-0.39, 0.29) is 0 Å². The van der Waals surface area contributed by atoms with Crippen LogP contribution in [-0.2, 0) is 6.42 Å². The first-order valence-corrected chi connectivity index (χ1v) is 8.91. The van der Waals surface area contributed by atoms with E-state index >= 15 is 0 Å². The lowest BCUT2D eigenvalue weighted by atomic mass is 10.1. The molecule has 0 fully saturated rings. The molecule has 0 heterocycles. The van der Waals surface area contributed by atoms with Crippen LogP contribution in [0.2, 0.25) is 5.02 Å². The summed E-state index contributed by atoms with van der Waals surface area (Å²) in [5.41, 5.74) is 1.38. The molecule has 1 atom stereocenters. The van der Waals surface area contributed by atoms with Gasteiger partial charge in [0.2, 0.25) is 0 Å². The molecule has 2 aromatic rings. The van der Waals surface area contributed by atoms with Crippen molar-refractivity contribution in [3.8, 4) is 0 Å². The molecule has 2 rings (SSSR count). The molecule has 0 aliphatic carbocycles. The van der Waals surface area contributed by atoms with Gasteiger partial charge in [-0.05, 0) is 78.0 Å². The van der Waals surface area contributed by atoms with Crippen molar-refractivity contribution in [2.24, 2.45) is 0 Å². The van der Waals surface area contributed by atoms with E-state index in [0.717, 1.165) is 17.2 Å². The number of thioether (sulfide) groups is 1. The summed E-state index contributed by atoms with van der Waals surface area (Å²) in [6, 6.07) is 17.2. The van der Waals surface area contributed by atoms with Crippen LogP contribution in [-0.4, -0.2) is 18.8 Å². The van der Waals surface area contributed by atoms with Crippen LogP contribution in [0.3, 0.4) is 0 Å². The normalized spacial score (nSPS) is 12.3. The third-order valence-corrected chi connectivity index (χ3v) is 5.21. The van der Waals surface area contributed by atoms with Gasteiger partial charge in [-0.2, -0.15) is 0 Å². The molecule has 0 amide bonds. The van der Waals surface area contributed by atoms with E-state index in [4.69, 9.17) is 11.6 Å². The molecule has 0 saturated carbocycles. The monoisotopic (exact) mass is 417 g/mol. The first-order valence-electron chi connectivity index (χ1n) is 6.47. The Hall–Kier alpha value is -0.230. The minimum absolute atomic E-state index is 0.468. The van der Waals surface area contributed by atoms with Crippen LogP contribution in [0, 0.1) is 3.57 Å². The Morgan fingerprint density at radius 1 is 1.10 bits per heavy atom. The quantitative estimate of drug-likeness (QED) is 0.532. The highest BCUT2D eigenvalue weighted by atomic mass is 127. The van der Waals surface area contributed by atoms with E-state index in [1.807, 2.05) is 30.9 Å². The summed E-state index contributed by atoms with van der Waals surface area (Å²) in [6.45, 7) is 0. The Morgan fingerprint density at radius 3 is 2.35 bits per heavy atom. The van der Waals surface area contributed by atoms with E-state index in [2.05, 4.69) is 64.3 Å². The molecule has 20 heavy (non-hydrogen) atoms. The predicted octanol–water partition coefficient (Wildman–Crippen LogP) is 4.87. The molecule has 1 nitrogen and oxygen atoms in total. The van der Waals surface area contributed by atoms with Crippen LogP contribution in [0.4, 0.5) is 0 Å². The van der Waals surface area contributed by atoms with Crippen molar-refractivity contribution in [3.05, 3.63) is 62.7 Å². The molecule has 0 radical (unpaired) electrons. The van der Waals surface area contributed by atoms with Crippen molar-refractivity contribution in [1.29, 1.82) is 0 Å². The van der Waals surface area contributed by atoms with Gasteiger partial charge >= 0.3 is 0 Å². The lowest BCUT2D eigenvalue weighted by Gasteiger charge is -2.16. The number of benzene rings is 2. The second kappa shape index (κ2) is 8.27. The highest BCUT2D eigenvalue weighted by Gasteiger charge is 2.08. The van der Waals surface area contributed by atoms with Gasteiger partial charge in [-0.1, -0.05) is 23.7 Å². The third-order valence-electron chi connectivity index (χ3n) is 3.07. The summed E-state index contributed by atoms with van der Waals surface area (Å²) < 4.78 is 1.28. The number of likely N-dealkylation sites (N-methyl/N-ethyl adjacent to an activating group) is 1. The fraction of sp³-hybridized carbons (Fsp3) is 0.250. The van der Waals surface area contributed by atoms with Crippen LogP contribution in [0.1, 0.15) is 5.56 Å². The number of nitrogens with one attached hydrogen (secondary N) is 1. The molecule has 4 heteroatoms. The van der Waals surface area contributed by atoms with Gasteiger partial charge < -0.3 is 5.32 Å². The maximum absolute atomic E-state index is 5.90. The third kappa shape index (κ3) is 5.28. The first kappa shape index (κ1) is 16.1. The topological polar surface area (TPSA) is 12.0 Å². The number of hydrogen-bond donors (Lipinski definition) is 1. The zero-order valence-electron chi connectivity index (χ0n) is 11.3. The largest absolute Gasteiger partial charge is 0.316 e. The van der Waals surface area contributed by atoms with E-state index < -0.39 is 0 Å². The predicted molar refractivity (Wildman–Crippen MR) is 97.9 cm³/mol. The molecule has 0 bridgehead atoms. The molecule has 1 N–H and O–H groups in total. The molecule has 0 aromatic heterocycles. The Balaban J connectivity index is 1.88. The van der Waals surface area contributed by atoms with Crippen molar-refractivity contribution in [1.82, 2.24) is 5.32 Å². The van der Waals surface area contributed by atoms with Crippen LogP contribution in [0.5, 0.6) is 0 Å². The molecule has 0 saturated heterocycles. The van der Waals surface area contributed by atoms with Gasteiger partial charge in [-0.3, -0.25) is 0 Å². The summed E-state index contributed by atoms with van der Waals surface area (Å²) in [6.07, 6.45) is 1.05. The van der Waals surface area contributed by atoms with E-state index in [0.29, 0.717) is 6.04 Å². The molecular formula is C16H17ClINS. The van der Waals surface area contributed by atoms with E-state index in [9.17, 15) is 0 Å². The summed E-state index contributed by atoms with van der Waals surface area (Å²) in [5, 5.41) is 4.19. The summed E-state index contributed by atoms with van der Waals surface area (Å²) >= 11 is 10.1. The maximum Gasteiger partial charge on any atom is 0.0406 e. The van der Waals surface area contributed by atoms with E-state index in [1.165, 1.54) is 14.0 Å². The van der Waals surface area contributed by atoms with Gasteiger partial charge in [-0.25, -0.2) is 0 Å². The van der Waals surface area contributed by atoms with Crippen molar-refractivity contribution in [2.75, 3.05) is 12.8 Å². The number of halogens is 2. The van der Waals surface area contributed by atoms with Gasteiger partial charge in [0.25, 0.3) is 0 Å². The second-order valence-corrected chi connectivity index (χ2v) is 7.36. The molecule has 106 valence electrons. The zero-order valence-corrected chi connectivity index (χ0v) is 15.0. The van der Waals surface area contributed by atoms with Crippen LogP contribution in [0.15, 0.2) is 53.4 Å². The van der Waals surface area contributed by atoms with Crippen molar-refractivity contribution < 1.29 is 0 Å². The van der Waals surface area contributed by atoms with Gasteiger partial charge in [-0.15, -0.1) is 11.8 Å². The highest BCUT2D eigenvalue weighted by molar-refractivity contribution is 14.1.